The molecule has 0 bridgehead atoms. The van der Waals surface area contributed by atoms with Crippen LogP contribution in [0.15, 0.2) is 0 Å². The molecule has 0 aromatic heterocycles. The Kier molecular flexibility index (Phi) is 5.31. The first-order chi connectivity index (χ1) is 5.61. The first-order valence-corrected chi connectivity index (χ1v) is 4.03. The molecular weight excluding hydrogens is 154 g/mol. The van der Waals surface area contributed by atoms with E-state index in [9.17, 15) is 4.79 Å². The maximum atomic E-state index is 11.3. The van der Waals surface area contributed by atoms with Crippen molar-refractivity contribution in [3.05, 3.63) is 0 Å². The average molecular weight is 169 g/mol. The van der Waals surface area contributed by atoms with Gasteiger partial charge in [0.1, 0.15) is 5.78 Å². The van der Waals surface area contributed by atoms with E-state index in [0.717, 1.165) is 0 Å². The van der Waals surface area contributed by atoms with Crippen LogP contribution in [-0.4, -0.2) is 19.5 Å². The van der Waals surface area contributed by atoms with Crippen molar-refractivity contribution in [3.8, 4) is 6.07 Å². The maximum Gasteiger partial charge on any atom is 0.139 e. The largest absolute Gasteiger partial charge is 0.384 e. The van der Waals surface area contributed by atoms with Crippen LogP contribution in [0, 0.1) is 23.2 Å². The lowest BCUT2D eigenvalue weighted by atomic mass is 9.98. The lowest BCUT2D eigenvalue weighted by molar-refractivity contribution is -0.124. The molecule has 0 saturated carbocycles. The van der Waals surface area contributed by atoms with Crippen LogP contribution in [0.4, 0.5) is 0 Å². The first-order valence-electron chi connectivity index (χ1n) is 4.03. The quantitative estimate of drug-likeness (QED) is 0.624. The Labute approximate surface area is 73.3 Å². The molecule has 68 valence electrons. The van der Waals surface area contributed by atoms with Gasteiger partial charge in [-0.1, -0.05) is 6.92 Å². The van der Waals surface area contributed by atoms with E-state index in [1.807, 2.05) is 13.0 Å². The topological polar surface area (TPSA) is 50.1 Å². The Bertz CT molecular complexity index is 183. The molecule has 0 radical (unpaired) electrons. The van der Waals surface area contributed by atoms with E-state index < -0.39 is 0 Å². The van der Waals surface area contributed by atoms with Crippen molar-refractivity contribution in [2.45, 2.75) is 20.3 Å². The highest BCUT2D eigenvalue weighted by Gasteiger charge is 2.15. The number of methoxy groups -OCH3 is 1. The van der Waals surface area contributed by atoms with E-state index in [0.29, 0.717) is 13.0 Å². The summed E-state index contributed by atoms with van der Waals surface area (Å²) >= 11 is 0. The van der Waals surface area contributed by atoms with Gasteiger partial charge in [-0.25, -0.2) is 0 Å². The number of ether oxygens (including phenoxy) is 1. The van der Waals surface area contributed by atoms with E-state index in [1.165, 1.54) is 0 Å². The van der Waals surface area contributed by atoms with Crippen LogP contribution in [0.25, 0.3) is 0 Å². The number of Topliss-reactive ketones (excluding diaryl/α,β-unsaturated/α-hetero) is 1. The zero-order chi connectivity index (χ0) is 9.56. The van der Waals surface area contributed by atoms with Crippen LogP contribution < -0.4 is 0 Å². The van der Waals surface area contributed by atoms with Crippen molar-refractivity contribution in [2.24, 2.45) is 11.8 Å². The molecule has 12 heavy (non-hydrogen) atoms. The van der Waals surface area contributed by atoms with E-state index in [4.69, 9.17) is 10.00 Å². The van der Waals surface area contributed by atoms with Gasteiger partial charge < -0.3 is 4.74 Å². The van der Waals surface area contributed by atoms with Gasteiger partial charge in [-0.15, -0.1) is 0 Å². The van der Waals surface area contributed by atoms with E-state index in [2.05, 4.69) is 0 Å². The SMILES string of the molecule is COCC(C)C(=O)CC(C)C#N. The van der Waals surface area contributed by atoms with Crippen LogP contribution in [0.1, 0.15) is 20.3 Å². The summed E-state index contributed by atoms with van der Waals surface area (Å²) < 4.78 is 4.84. The molecule has 0 aliphatic heterocycles. The number of carbonyl (C=O) groups excluding carboxylic acids is 1. The van der Waals surface area contributed by atoms with Crippen molar-refractivity contribution in [2.75, 3.05) is 13.7 Å². The molecule has 2 unspecified atom stereocenters. The van der Waals surface area contributed by atoms with Crippen LogP contribution in [0.3, 0.4) is 0 Å². The summed E-state index contributed by atoms with van der Waals surface area (Å²) in [5.74, 6) is -0.173. The van der Waals surface area contributed by atoms with Crippen LogP contribution in [0.2, 0.25) is 0 Å². The third kappa shape index (κ3) is 4.09. The number of hydrogen-bond acceptors (Lipinski definition) is 3. The molecule has 0 aromatic rings. The summed E-state index contributed by atoms with van der Waals surface area (Å²) in [4.78, 5) is 11.3. The van der Waals surface area contributed by atoms with Gasteiger partial charge in [0.2, 0.25) is 0 Å². The Morgan fingerprint density at radius 1 is 1.58 bits per heavy atom. The van der Waals surface area contributed by atoms with Crippen LogP contribution >= 0.6 is 0 Å². The van der Waals surface area contributed by atoms with Gasteiger partial charge >= 0.3 is 0 Å². The molecule has 3 heteroatoms. The Morgan fingerprint density at radius 2 is 2.17 bits per heavy atom. The molecule has 0 N–H and O–H groups in total. The second-order valence-electron chi connectivity index (χ2n) is 3.06. The summed E-state index contributed by atoms with van der Waals surface area (Å²) in [5.41, 5.74) is 0. The van der Waals surface area contributed by atoms with Crippen molar-refractivity contribution >= 4 is 5.78 Å². The minimum atomic E-state index is -0.184. The summed E-state index contributed by atoms with van der Waals surface area (Å²) in [7, 11) is 1.57. The van der Waals surface area contributed by atoms with E-state index >= 15 is 0 Å². The Morgan fingerprint density at radius 3 is 2.58 bits per heavy atom. The molecule has 0 spiro atoms. The third-order valence-electron chi connectivity index (χ3n) is 1.69. The van der Waals surface area contributed by atoms with Crippen molar-refractivity contribution in [3.63, 3.8) is 0 Å². The average Bonchev–Trinajstić information content (AvgIpc) is 2.04. The van der Waals surface area contributed by atoms with Gasteiger partial charge in [0.25, 0.3) is 0 Å². The van der Waals surface area contributed by atoms with Gasteiger partial charge in [-0.05, 0) is 6.92 Å². The normalized spacial score (nSPS) is 14.8. The molecule has 0 saturated heterocycles. The van der Waals surface area contributed by atoms with E-state index in [1.54, 1.807) is 14.0 Å². The molecule has 0 heterocycles. The van der Waals surface area contributed by atoms with Gasteiger partial charge in [-0.2, -0.15) is 5.26 Å². The molecule has 0 rings (SSSR count). The zero-order valence-corrected chi connectivity index (χ0v) is 7.83. The third-order valence-corrected chi connectivity index (χ3v) is 1.69. The van der Waals surface area contributed by atoms with Crippen molar-refractivity contribution < 1.29 is 9.53 Å². The smallest absolute Gasteiger partial charge is 0.139 e. The number of nitrogens with zero attached hydrogens (tertiary/aromatic N) is 1. The fourth-order valence-electron chi connectivity index (χ4n) is 0.892. The molecule has 0 aromatic carbocycles. The minimum absolute atomic E-state index is 0.0919. The van der Waals surface area contributed by atoms with Crippen molar-refractivity contribution in [1.82, 2.24) is 0 Å². The molecular formula is C9H15NO2. The molecule has 0 fully saturated rings. The molecule has 3 nitrogen and oxygen atoms in total. The van der Waals surface area contributed by atoms with E-state index in [-0.39, 0.29) is 17.6 Å². The maximum absolute atomic E-state index is 11.3. The number of carbonyl (C=O) groups is 1. The second-order valence-corrected chi connectivity index (χ2v) is 3.06. The van der Waals surface area contributed by atoms with Crippen LogP contribution in [-0.2, 0) is 9.53 Å². The number of nitriles is 1. The number of hydrogen-bond donors (Lipinski definition) is 0. The minimum Gasteiger partial charge on any atom is -0.384 e. The molecule has 0 amide bonds. The summed E-state index contributed by atoms with van der Waals surface area (Å²) in [6, 6.07) is 2.03. The predicted octanol–water partition coefficient (Wildman–Crippen LogP) is 1.39. The molecule has 2 atom stereocenters. The summed E-state index contributed by atoms with van der Waals surface area (Å²) in [6.07, 6.45) is 0.334. The highest BCUT2D eigenvalue weighted by atomic mass is 16.5. The second kappa shape index (κ2) is 5.73. The fraction of sp³-hybridized carbons (Fsp3) is 0.778. The highest BCUT2D eigenvalue weighted by Crippen LogP contribution is 2.07. The van der Waals surface area contributed by atoms with Gasteiger partial charge in [-0.3, -0.25) is 4.79 Å². The summed E-state index contributed by atoms with van der Waals surface area (Å²) in [6.45, 7) is 4.00. The monoisotopic (exact) mass is 169 g/mol. The first kappa shape index (κ1) is 11.1. The van der Waals surface area contributed by atoms with Crippen molar-refractivity contribution in [1.29, 1.82) is 5.26 Å². The molecule has 0 aliphatic carbocycles. The standard InChI is InChI=1S/C9H15NO2/c1-7(5-10)4-9(11)8(2)6-12-3/h7-8H,4,6H2,1-3H3. The number of rotatable bonds is 5. The fourth-order valence-corrected chi connectivity index (χ4v) is 0.892. The Balaban J connectivity index is 3.80. The number of ketones is 1. The van der Waals surface area contributed by atoms with Crippen LogP contribution in [0.5, 0.6) is 0 Å². The van der Waals surface area contributed by atoms with Gasteiger partial charge in [0.15, 0.2) is 0 Å². The zero-order valence-electron chi connectivity index (χ0n) is 7.83. The predicted molar refractivity (Wildman–Crippen MR) is 45.4 cm³/mol. The van der Waals surface area contributed by atoms with Gasteiger partial charge in [0, 0.05) is 19.4 Å². The lowest BCUT2D eigenvalue weighted by Crippen LogP contribution is -2.18. The highest BCUT2D eigenvalue weighted by molar-refractivity contribution is 5.81. The van der Waals surface area contributed by atoms with Gasteiger partial charge in [0.05, 0.1) is 18.6 Å². The summed E-state index contributed by atoms with van der Waals surface area (Å²) in [5, 5.41) is 8.46. The Hall–Kier alpha value is -0.880. The lowest BCUT2D eigenvalue weighted by Gasteiger charge is -2.09. The molecule has 0 aliphatic rings.